The molecule has 0 radical (unpaired) electrons. The highest BCUT2D eigenvalue weighted by Gasteiger charge is 2.13. The molecule has 0 spiro atoms. The Morgan fingerprint density at radius 1 is 1.20 bits per heavy atom. The van der Waals surface area contributed by atoms with Crippen molar-refractivity contribution < 1.29 is 4.74 Å². The van der Waals surface area contributed by atoms with Gasteiger partial charge in [-0.2, -0.15) is 0 Å². The van der Waals surface area contributed by atoms with Gasteiger partial charge in [-0.25, -0.2) is 4.98 Å². The van der Waals surface area contributed by atoms with E-state index in [0.717, 1.165) is 36.5 Å². The molecule has 0 atom stereocenters. The lowest BCUT2D eigenvalue weighted by Gasteiger charge is -2.26. The number of aromatic nitrogens is 2. The number of hydrogen-bond donors (Lipinski definition) is 1. The predicted octanol–water partition coefficient (Wildman–Crippen LogP) is 3.81. The van der Waals surface area contributed by atoms with Crippen LogP contribution >= 0.6 is 61.7 Å². The molecule has 0 bridgehead atoms. The third-order valence-corrected chi connectivity index (χ3v) is 5.12. The first-order valence-electron chi connectivity index (χ1n) is 7.46. The van der Waals surface area contributed by atoms with E-state index in [0.29, 0.717) is 17.3 Å². The average molecular weight is 558 g/mol. The second kappa shape index (κ2) is 11.5. The largest absolute Gasteiger partial charge is 0.379 e. The van der Waals surface area contributed by atoms with Crippen LogP contribution in [0.1, 0.15) is 11.1 Å². The lowest BCUT2D eigenvalue weighted by Crippen LogP contribution is -2.37. The van der Waals surface area contributed by atoms with Crippen LogP contribution in [-0.4, -0.2) is 41.2 Å². The minimum atomic E-state index is -0.0511. The summed E-state index contributed by atoms with van der Waals surface area (Å²) in [7, 11) is 0. The van der Waals surface area contributed by atoms with Gasteiger partial charge in [0.1, 0.15) is 0 Å². The number of nitrogens with zero attached hydrogens (tertiary/aromatic N) is 2. The Morgan fingerprint density at radius 2 is 1.88 bits per heavy atom. The topological polar surface area (TPSA) is 58.2 Å². The van der Waals surface area contributed by atoms with Crippen molar-refractivity contribution >= 4 is 61.7 Å². The Hall–Kier alpha value is -0.190. The zero-order valence-corrected chi connectivity index (χ0v) is 19.3. The van der Waals surface area contributed by atoms with Gasteiger partial charge in [0.25, 0.3) is 5.56 Å². The minimum Gasteiger partial charge on any atom is -0.379 e. The summed E-state index contributed by atoms with van der Waals surface area (Å²) in [5.41, 5.74) is 1.85. The van der Waals surface area contributed by atoms with Crippen molar-refractivity contribution in [1.82, 2.24) is 14.9 Å². The average Bonchev–Trinajstić information content (AvgIpc) is 2.57. The van der Waals surface area contributed by atoms with Gasteiger partial charge in [0.2, 0.25) is 0 Å². The fraction of sp³-hybridized carbons (Fsp3) is 0.375. The molecular formula is C16H20Br3N3O2S. The van der Waals surface area contributed by atoms with E-state index in [9.17, 15) is 4.79 Å². The molecule has 1 fully saturated rings. The summed E-state index contributed by atoms with van der Waals surface area (Å²) in [4.78, 5) is 21.7. The maximum absolute atomic E-state index is 12.2. The summed E-state index contributed by atoms with van der Waals surface area (Å²) in [6.45, 7) is 3.81. The fourth-order valence-electron chi connectivity index (χ4n) is 2.32. The standard InChI is InChI=1S/C16H18BrN3O2S.2BrH/c17-14-3-1-12(2-4-14)11-23-16-18-9-13(15(21)19-16)10-20-5-7-22-8-6-20;;/h1-4,9H,5-8,10-11H2,(H,18,19,21);2*1H. The number of morpholine rings is 1. The second-order valence-electron chi connectivity index (χ2n) is 5.35. The quantitative estimate of drug-likeness (QED) is 0.447. The van der Waals surface area contributed by atoms with Crippen LogP contribution in [-0.2, 0) is 17.0 Å². The van der Waals surface area contributed by atoms with Gasteiger partial charge in [0.05, 0.1) is 13.2 Å². The molecular weight excluding hydrogens is 538 g/mol. The summed E-state index contributed by atoms with van der Waals surface area (Å²) in [6.07, 6.45) is 1.69. The molecule has 1 aliphatic rings. The Morgan fingerprint density at radius 3 is 2.52 bits per heavy atom. The van der Waals surface area contributed by atoms with Gasteiger partial charge in [-0.3, -0.25) is 9.69 Å². The smallest absolute Gasteiger partial charge is 0.256 e. The van der Waals surface area contributed by atoms with Gasteiger partial charge in [0, 0.05) is 41.6 Å². The maximum atomic E-state index is 12.2. The monoisotopic (exact) mass is 555 g/mol. The molecule has 0 aliphatic carbocycles. The van der Waals surface area contributed by atoms with Crippen LogP contribution in [0.4, 0.5) is 0 Å². The summed E-state index contributed by atoms with van der Waals surface area (Å²) in [5.74, 6) is 0.777. The van der Waals surface area contributed by atoms with Gasteiger partial charge < -0.3 is 9.72 Å². The molecule has 3 rings (SSSR count). The number of thioether (sulfide) groups is 1. The molecule has 0 saturated carbocycles. The van der Waals surface area contributed by atoms with Gasteiger partial charge in [-0.1, -0.05) is 39.8 Å². The number of ether oxygens (including phenoxy) is 1. The first-order chi connectivity index (χ1) is 11.2. The molecule has 25 heavy (non-hydrogen) atoms. The zero-order valence-electron chi connectivity index (χ0n) is 13.4. The van der Waals surface area contributed by atoms with Crippen LogP contribution in [0.2, 0.25) is 0 Å². The third-order valence-electron chi connectivity index (χ3n) is 3.64. The number of halogens is 3. The molecule has 0 amide bonds. The number of H-pyrrole nitrogens is 1. The van der Waals surface area contributed by atoms with E-state index in [2.05, 4.69) is 42.9 Å². The molecule has 9 heteroatoms. The number of hydrogen-bond acceptors (Lipinski definition) is 5. The summed E-state index contributed by atoms with van der Waals surface area (Å²) in [6, 6.07) is 8.14. The van der Waals surface area contributed by atoms with Gasteiger partial charge in [0.15, 0.2) is 5.16 Å². The number of benzene rings is 1. The van der Waals surface area contributed by atoms with Crippen LogP contribution in [0.15, 0.2) is 44.9 Å². The summed E-state index contributed by atoms with van der Waals surface area (Å²) >= 11 is 4.95. The van der Waals surface area contributed by atoms with E-state index >= 15 is 0 Å². The number of rotatable bonds is 5. The van der Waals surface area contributed by atoms with Crippen LogP contribution < -0.4 is 5.56 Å². The van der Waals surface area contributed by atoms with Crippen molar-refractivity contribution in [3.8, 4) is 0 Å². The van der Waals surface area contributed by atoms with Crippen LogP contribution in [0, 0.1) is 0 Å². The molecule has 0 unspecified atom stereocenters. The molecule has 1 aromatic carbocycles. The molecule has 138 valence electrons. The van der Waals surface area contributed by atoms with Crippen molar-refractivity contribution in [3.63, 3.8) is 0 Å². The lowest BCUT2D eigenvalue weighted by molar-refractivity contribution is 0.0339. The summed E-state index contributed by atoms with van der Waals surface area (Å²) < 4.78 is 6.38. The maximum Gasteiger partial charge on any atom is 0.256 e. The number of nitrogens with one attached hydrogen (secondary N) is 1. The van der Waals surface area contributed by atoms with Gasteiger partial charge in [-0.05, 0) is 17.7 Å². The van der Waals surface area contributed by atoms with Gasteiger partial charge in [-0.15, -0.1) is 34.0 Å². The molecule has 1 aliphatic heterocycles. The van der Waals surface area contributed by atoms with E-state index in [1.165, 1.54) is 17.3 Å². The molecule has 1 aromatic heterocycles. The molecule has 2 aromatic rings. The molecule has 1 N–H and O–H groups in total. The van der Waals surface area contributed by atoms with Crippen molar-refractivity contribution in [2.75, 3.05) is 26.3 Å². The Balaban J connectivity index is 0.00000156. The Bertz CT molecular complexity index is 707. The number of aromatic amines is 1. The van der Waals surface area contributed by atoms with E-state index in [-0.39, 0.29) is 39.5 Å². The van der Waals surface area contributed by atoms with Crippen molar-refractivity contribution in [1.29, 1.82) is 0 Å². The summed E-state index contributed by atoms with van der Waals surface area (Å²) in [5, 5.41) is 0.656. The highest BCUT2D eigenvalue weighted by Crippen LogP contribution is 2.19. The molecule has 1 saturated heterocycles. The molecule has 2 heterocycles. The zero-order chi connectivity index (χ0) is 16.1. The van der Waals surface area contributed by atoms with E-state index in [4.69, 9.17) is 4.74 Å². The first-order valence-corrected chi connectivity index (χ1v) is 9.24. The van der Waals surface area contributed by atoms with Crippen LogP contribution in [0.5, 0.6) is 0 Å². The van der Waals surface area contributed by atoms with Crippen LogP contribution in [0.25, 0.3) is 0 Å². The van der Waals surface area contributed by atoms with Gasteiger partial charge >= 0.3 is 0 Å². The normalized spacial score (nSPS) is 14.4. The van der Waals surface area contributed by atoms with Crippen molar-refractivity contribution in [2.24, 2.45) is 0 Å². The SMILES string of the molecule is Br.Br.O=c1[nH]c(SCc2ccc(Br)cc2)ncc1CN1CCOCC1. The predicted molar refractivity (Wildman–Crippen MR) is 115 cm³/mol. The van der Waals surface area contributed by atoms with Crippen molar-refractivity contribution in [2.45, 2.75) is 17.5 Å². The fourth-order valence-corrected chi connectivity index (χ4v) is 3.38. The lowest BCUT2D eigenvalue weighted by atomic mass is 10.2. The minimum absolute atomic E-state index is 0. The second-order valence-corrected chi connectivity index (χ2v) is 7.23. The first kappa shape index (κ1) is 22.9. The third kappa shape index (κ3) is 7.15. The van der Waals surface area contributed by atoms with Crippen molar-refractivity contribution in [3.05, 3.63) is 56.4 Å². The van der Waals surface area contributed by atoms with E-state index in [1.807, 2.05) is 12.1 Å². The molecule has 5 nitrogen and oxygen atoms in total. The highest BCUT2D eigenvalue weighted by atomic mass is 79.9. The Labute approximate surface area is 180 Å². The Kier molecular flexibility index (Phi) is 10.5. The van der Waals surface area contributed by atoms with E-state index < -0.39 is 0 Å². The highest BCUT2D eigenvalue weighted by molar-refractivity contribution is 9.10. The van der Waals surface area contributed by atoms with E-state index in [1.54, 1.807) is 6.20 Å². The van der Waals surface area contributed by atoms with Crippen LogP contribution in [0.3, 0.4) is 0 Å².